The van der Waals surface area contributed by atoms with Crippen LogP contribution in [0.5, 0.6) is 0 Å². The number of nitrogens with one attached hydrogen (secondary N) is 1. The Balaban J connectivity index is 1.79. The summed E-state index contributed by atoms with van der Waals surface area (Å²) < 4.78 is 27.3. The Morgan fingerprint density at radius 3 is 2.38 bits per heavy atom. The van der Waals surface area contributed by atoms with Gasteiger partial charge in [-0.2, -0.15) is 0 Å². The lowest BCUT2D eigenvalue weighted by molar-refractivity contribution is 0.316. The van der Waals surface area contributed by atoms with E-state index < -0.39 is 10.0 Å². The summed E-state index contributed by atoms with van der Waals surface area (Å²) >= 11 is 5.80. The highest BCUT2D eigenvalue weighted by Crippen LogP contribution is 2.28. The fraction of sp³-hybridized carbons (Fsp3) is 0.556. The van der Waals surface area contributed by atoms with Crippen molar-refractivity contribution in [2.24, 2.45) is 11.8 Å². The molecule has 1 fully saturated rings. The van der Waals surface area contributed by atoms with E-state index in [2.05, 4.69) is 21.5 Å². The summed E-state index contributed by atoms with van der Waals surface area (Å²) in [6.45, 7) is 1.28. The fourth-order valence-electron chi connectivity index (χ4n) is 2.78. The first kappa shape index (κ1) is 19.3. The first-order chi connectivity index (χ1) is 11.4. The monoisotopic (exact) mass is 368 g/mol. The van der Waals surface area contributed by atoms with E-state index in [9.17, 15) is 8.42 Å². The van der Waals surface area contributed by atoms with Gasteiger partial charge in [0, 0.05) is 17.5 Å². The molecule has 0 heterocycles. The Morgan fingerprint density at radius 1 is 1.17 bits per heavy atom. The molecule has 1 aliphatic rings. The third-order valence-corrected chi connectivity index (χ3v) is 5.93. The second-order valence-electron chi connectivity index (χ2n) is 6.58. The van der Waals surface area contributed by atoms with Gasteiger partial charge in [0.15, 0.2) is 0 Å². The van der Waals surface area contributed by atoms with Gasteiger partial charge in [-0.05, 0) is 70.0 Å². The van der Waals surface area contributed by atoms with Gasteiger partial charge in [0.25, 0.3) is 0 Å². The number of hydrogen-bond acceptors (Lipinski definition) is 3. The molecule has 6 heteroatoms. The van der Waals surface area contributed by atoms with Crippen LogP contribution in [0, 0.1) is 23.7 Å². The van der Waals surface area contributed by atoms with Gasteiger partial charge >= 0.3 is 0 Å². The molecule has 1 saturated carbocycles. The summed E-state index contributed by atoms with van der Waals surface area (Å²) in [6.07, 6.45) is 4.14. The van der Waals surface area contributed by atoms with E-state index in [1.807, 2.05) is 14.1 Å². The van der Waals surface area contributed by atoms with Gasteiger partial charge < -0.3 is 0 Å². The average Bonchev–Trinajstić information content (AvgIpc) is 2.54. The SMILES string of the molecule is CN(C)CC#CC1CCC(CNS(=O)(=O)c2ccc(Cl)cc2)CC1. The number of nitrogens with zero attached hydrogens (tertiary/aromatic N) is 1. The molecule has 1 aliphatic carbocycles. The first-order valence-corrected chi connectivity index (χ1v) is 10.1. The normalized spacial score (nSPS) is 21.3. The number of rotatable bonds is 5. The smallest absolute Gasteiger partial charge is 0.240 e. The molecule has 24 heavy (non-hydrogen) atoms. The van der Waals surface area contributed by atoms with E-state index in [0.29, 0.717) is 23.4 Å². The topological polar surface area (TPSA) is 49.4 Å². The Kier molecular flexibility index (Phi) is 7.12. The van der Waals surface area contributed by atoms with Gasteiger partial charge in [-0.25, -0.2) is 13.1 Å². The van der Waals surface area contributed by atoms with Gasteiger partial charge in [-0.1, -0.05) is 23.4 Å². The van der Waals surface area contributed by atoms with E-state index in [0.717, 1.165) is 32.2 Å². The molecule has 4 nitrogen and oxygen atoms in total. The minimum Gasteiger partial charge on any atom is -0.299 e. The molecule has 0 aliphatic heterocycles. The van der Waals surface area contributed by atoms with Crippen LogP contribution in [-0.4, -0.2) is 40.5 Å². The third-order valence-electron chi connectivity index (χ3n) is 4.23. The van der Waals surface area contributed by atoms with E-state index in [4.69, 9.17) is 11.6 Å². The highest BCUT2D eigenvalue weighted by molar-refractivity contribution is 7.89. The van der Waals surface area contributed by atoms with Crippen molar-refractivity contribution in [3.05, 3.63) is 29.3 Å². The van der Waals surface area contributed by atoms with Crippen LogP contribution >= 0.6 is 11.6 Å². The molecular weight excluding hydrogens is 344 g/mol. The van der Waals surface area contributed by atoms with Crippen LogP contribution < -0.4 is 4.72 Å². The molecular formula is C18H25ClN2O2S. The molecule has 0 amide bonds. The molecule has 1 aromatic rings. The fourth-order valence-corrected chi connectivity index (χ4v) is 4.03. The van der Waals surface area contributed by atoms with Crippen LogP contribution in [-0.2, 0) is 10.0 Å². The summed E-state index contributed by atoms with van der Waals surface area (Å²) in [4.78, 5) is 2.32. The van der Waals surface area contributed by atoms with E-state index in [1.165, 1.54) is 12.1 Å². The lowest BCUT2D eigenvalue weighted by atomic mass is 9.82. The van der Waals surface area contributed by atoms with Gasteiger partial charge in [-0.15, -0.1) is 0 Å². The predicted molar refractivity (Wildman–Crippen MR) is 98.4 cm³/mol. The molecule has 0 aromatic heterocycles. The largest absolute Gasteiger partial charge is 0.299 e. The summed E-state index contributed by atoms with van der Waals surface area (Å²) in [6, 6.07) is 6.24. The van der Waals surface area contributed by atoms with E-state index >= 15 is 0 Å². The number of sulfonamides is 1. The van der Waals surface area contributed by atoms with Crippen LogP contribution in [0.25, 0.3) is 0 Å². The Hall–Kier alpha value is -1.06. The maximum Gasteiger partial charge on any atom is 0.240 e. The highest BCUT2D eigenvalue weighted by atomic mass is 35.5. The van der Waals surface area contributed by atoms with Gasteiger partial charge in [0.2, 0.25) is 10.0 Å². The molecule has 0 bridgehead atoms. The summed E-state index contributed by atoms with van der Waals surface area (Å²) in [7, 11) is 0.569. The molecule has 0 saturated heterocycles. The zero-order chi connectivity index (χ0) is 17.6. The number of halogens is 1. The van der Waals surface area contributed by atoms with Crippen molar-refractivity contribution in [3.63, 3.8) is 0 Å². The molecule has 0 radical (unpaired) electrons. The van der Waals surface area contributed by atoms with Crippen LogP contribution in [0.4, 0.5) is 0 Å². The van der Waals surface area contributed by atoms with Crippen LogP contribution in [0.15, 0.2) is 29.2 Å². The third kappa shape index (κ3) is 6.10. The maximum atomic E-state index is 12.3. The maximum absolute atomic E-state index is 12.3. The molecule has 132 valence electrons. The molecule has 0 atom stereocenters. The highest BCUT2D eigenvalue weighted by Gasteiger charge is 2.22. The van der Waals surface area contributed by atoms with Gasteiger partial charge in [0.1, 0.15) is 0 Å². The Morgan fingerprint density at radius 2 is 1.79 bits per heavy atom. The molecule has 1 N–H and O–H groups in total. The molecule has 0 spiro atoms. The first-order valence-electron chi connectivity index (χ1n) is 8.25. The zero-order valence-electron chi connectivity index (χ0n) is 14.3. The summed E-state index contributed by atoms with van der Waals surface area (Å²) in [5, 5.41) is 0.530. The van der Waals surface area contributed by atoms with Crippen LogP contribution in [0.1, 0.15) is 25.7 Å². The minimum atomic E-state index is -3.46. The quantitative estimate of drug-likeness (QED) is 0.813. The van der Waals surface area contributed by atoms with Gasteiger partial charge in [-0.3, -0.25) is 4.90 Å². The Labute approximate surface area is 150 Å². The van der Waals surface area contributed by atoms with Crippen molar-refractivity contribution in [2.75, 3.05) is 27.2 Å². The lowest BCUT2D eigenvalue weighted by Gasteiger charge is -2.25. The average molecular weight is 369 g/mol. The lowest BCUT2D eigenvalue weighted by Crippen LogP contribution is -2.31. The van der Waals surface area contributed by atoms with Crippen molar-refractivity contribution in [1.82, 2.24) is 9.62 Å². The van der Waals surface area contributed by atoms with E-state index in [-0.39, 0.29) is 4.90 Å². The van der Waals surface area contributed by atoms with E-state index in [1.54, 1.807) is 12.1 Å². The van der Waals surface area contributed by atoms with Crippen LogP contribution in [0.3, 0.4) is 0 Å². The van der Waals surface area contributed by atoms with Crippen LogP contribution in [0.2, 0.25) is 5.02 Å². The van der Waals surface area contributed by atoms with Crippen molar-refractivity contribution in [1.29, 1.82) is 0 Å². The molecule has 1 aromatic carbocycles. The van der Waals surface area contributed by atoms with Crippen molar-refractivity contribution < 1.29 is 8.42 Å². The Bertz CT molecular complexity index is 682. The minimum absolute atomic E-state index is 0.259. The summed E-state index contributed by atoms with van der Waals surface area (Å²) in [5.74, 6) is 7.38. The standard InChI is InChI=1S/C18H25ClN2O2S/c1-21(2)13-3-4-15-5-7-16(8-6-15)14-20-24(22,23)18-11-9-17(19)10-12-18/h9-12,15-16,20H,5-8,13-14H2,1-2H3. The molecule has 0 unspecified atom stereocenters. The second-order valence-corrected chi connectivity index (χ2v) is 8.79. The van der Waals surface area contributed by atoms with Crippen molar-refractivity contribution in [3.8, 4) is 11.8 Å². The van der Waals surface area contributed by atoms with Gasteiger partial charge in [0.05, 0.1) is 11.4 Å². The second kappa shape index (κ2) is 8.87. The van der Waals surface area contributed by atoms with Crippen molar-refractivity contribution in [2.45, 2.75) is 30.6 Å². The zero-order valence-corrected chi connectivity index (χ0v) is 15.8. The number of hydrogen-bond donors (Lipinski definition) is 1. The summed E-state index contributed by atoms with van der Waals surface area (Å²) in [5.41, 5.74) is 0. The van der Waals surface area contributed by atoms with Crippen molar-refractivity contribution >= 4 is 21.6 Å². The predicted octanol–water partition coefficient (Wildman–Crippen LogP) is 2.99. The number of benzene rings is 1. The molecule has 2 rings (SSSR count).